The molecule has 0 spiro atoms. The average molecular weight is 82.1 g/mol. The fraction of sp³-hybridized carbons (Fsp3) is 0.600. The van der Waals surface area contributed by atoms with Crippen LogP contribution >= 0.6 is 0 Å². The van der Waals surface area contributed by atoms with Crippen molar-refractivity contribution in [2.24, 2.45) is 5.92 Å². The van der Waals surface area contributed by atoms with Gasteiger partial charge in [0.05, 0.1) is 12.3 Å². The number of hydrogen-bond acceptors (Lipinski definition) is 0. The summed E-state index contributed by atoms with van der Waals surface area (Å²) in [6, 6.07) is 0. The van der Waals surface area contributed by atoms with E-state index < -0.39 is 0 Å². The third kappa shape index (κ3) is 0.498. The van der Waals surface area contributed by atoms with Crippen LogP contribution in [0.3, 0.4) is 0 Å². The zero-order valence-corrected chi connectivity index (χ0v) is 3.89. The Morgan fingerprint density at radius 3 is 2.83 bits per heavy atom. The highest BCUT2D eigenvalue weighted by molar-refractivity contribution is 5.76. The van der Waals surface area contributed by atoms with Crippen LogP contribution in [-0.2, 0) is 0 Å². The molecule has 32 valence electrons. The molecule has 1 rings (SSSR count). The standard InChI is InChI=1S/C5H8N/c1-5-2-3-6-4-5/h3-5H,2H2,1H3/q+1. The van der Waals surface area contributed by atoms with Crippen molar-refractivity contribution in [2.75, 3.05) is 0 Å². The fourth-order valence-electron chi connectivity index (χ4n) is 0.496. The van der Waals surface area contributed by atoms with Gasteiger partial charge in [0.1, 0.15) is 0 Å². The summed E-state index contributed by atoms with van der Waals surface area (Å²) in [6.45, 7) is 2.16. The lowest BCUT2D eigenvalue weighted by atomic mass is 10.2. The van der Waals surface area contributed by atoms with Gasteiger partial charge in [0.15, 0.2) is 0 Å². The summed E-state index contributed by atoms with van der Waals surface area (Å²) in [5, 5.41) is 0. The first-order valence-corrected chi connectivity index (χ1v) is 2.24. The number of hydrogen-bond donors (Lipinski definition) is 0. The smallest absolute Gasteiger partial charge is 0.110 e. The van der Waals surface area contributed by atoms with Crippen LogP contribution in [0.4, 0.5) is 0 Å². The Morgan fingerprint density at radius 2 is 2.67 bits per heavy atom. The SMILES string of the molecule is CC1C=[N+]=CC1. The zero-order chi connectivity index (χ0) is 4.41. The van der Waals surface area contributed by atoms with Crippen LogP contribution in [0.1, 0.15) is 13.3 Å². The Labute approximate surface area is 37.4 Å². The maximum Gasteiger partial charge on any atom is 0.272 e. The second-order valence-corrected chi connectivity index (χ2v) is 1.69. The van der Waals surface area contributed by atoms with Gasteiger partial charge in [-0.25, -0.2) is 0 Å². The van der Waals surface area contributed by atoms with E-state index in [0.29, 0.717) is 5.92 Å². The molecule has 1 heteroatoms. The predicted molar refractivity (Wildman–Crippen MR) is 28.0 cm³/mol. The van der Waals surface area contributed by atoms with Gasteiger partial charge < -0.3 is 0 Å². The van der Waals surface area contributed by atoms with Gasteiger partial charge in [0.25, 0.3) is 12.4 Å². The molecule has 0 aromatic rings. The van der Waals surface area contributed by atoms with Crippen molar-refractivity contribution in [3.63, 3.8) is 0 Å². The van der Waals surface area contributed by atoms with Crippen molar-refractivity contribution < 1.29 is 0 Å². The molecule has 1 aliphatic rings. The summed E-state index contributed by atoms with van der Waals surface area (Å²) in [7, 11) is 0. The maximum atomic E-state index is 3.91. The molecule has 0 aromatic heterocycles. The molecular formula is C5H8N+. The topological polar surface area (TPSA) is 14.1 Å². The van der Waals surface area contributed by atoms with Gasteiger partial charge >= 0.3 is 0 Å². The molecule has 0 bridgehead atoms. The first-order chi connectivity index (χ1) is 2.89. The Morgan fingerprint density at radius 1 is 1.83 bits per heavy atom. The molecule has 1 heterocycles. The lowest BCUT2D eigenvalue weighted by molar-refractivity contribution is 0.865. The molecule has 0 aliphatic carbocycles. The molecule has 0 radical (unpaired) electrons. The quantitative estimate of drug-likeness (QED) is 0.371. The third-order valence-corrected chi connectivity index (χ3v) is 0.923. The summed E-state index contributed by atoms with van der Waals surface area (Å²) in [6.07, 6.45) is 5.06. The van der Waals surface area contributed by atoms with Gasteiger partial charge in [-0.2, -0.15) is 0 Å². The molecule has 1 nitrogen and oxygen atoms in total. The van der Waals surface area contributed by atoms with Crippen molar-refractivity contribution in [1.82, 2.24) is 4.67 Å². The first-order valence-electron chi connectivity index (χ1n) is 2.24. The van der Waals surface area contributed by atoms with Gasteiger partial charge in [-0.15, -0.1) is 4.67 Å². The molecule has 0 N–H and O–H groups in total. The van der Waals surface area contributed by atoms with E-state index in [0.717, 1.165) is 6.42 Å². The lowest BCUT2D eigenvalue weighted by Crippen LogP contribution is -1.87. The van der Waals surface area contributed by atoms with Crippen LogP contribution in [0.2, 0.25) is 0 Å². The van der Waals surface area contributed by atoms with Crippen molar-refractivity contribution in [3.8, 4) is 0 Å². The summed E-state index contributed by atoms with van der Waals surface area (Å²) in [5.41, 5.74) is 0. The minimum atomic E-state index is 0.699. The normalized spacial score (nSPS) is 29.2. The molecule has 0 saturated carbocycles. The van der Waals surface area contributed by atoms with Gasteiger partial charge in [0, 0.05) is 0 Å². The van der Waals surface area contributed by atoms with Crippen molar-refractivity contribution in [1.29, 1.82) is 0 Å². The minimum Gasteiger partial charge on any atom is -0.110 e. The van der Waals surface area contributed by atoms with E-state index in [1.165, 1.54) is 0 Å². The highest BCUT2D eigenvalue weighted by Gasteiger charge is 2.07. The largest absolute Gasteiger partial charge is 0.272 e. The molecule has 0 amide bonds. The third-order valence-electron chi connectivity index (χ3n) is 0.923. The van der Waals surface area contributed by atoms with Gasteiger partial charge in [-0.05, 0) is 0 Å². The second kappa shape index (κ2) is 1.27. The summed E-state index contributed by atoms with van der Waals surface area (Å²) >= 11 is 0. The molecule has 1 aliphatic heterocycles. The van der Waals surface area contributed by atoms with E-state index in [1.54, 1.807) is 0 Å². The van der Waals surface area contributed by atoms with Crippen LogP contribution in [0.15, 0.2) is 0 Å². The van der Waals surface area contributed by atoms with Gasteiger partial charge in [0.2, 0.25) is 0 Å². The highest BCUT2D eigenvalue weighted by Crippen LogP contribution is 1.93. The fourth-order valence-corrected chi connectivity index (χ4v) is 0.496. The minimum absolute atomic E-state index is 0.699. The monoisotopic (exact) mass is 82.1 g/mol. The van der Waals surface area contributed by atoms with E-state index in [2.05, 4.69) is 11.6 Å². The zero-order valence-electron chi connectivity index (χ0n) is 3.89. The van der Waals surface area contributed by atoms with E-state index in [1.807, 2.05) is 12.4 Å². The van der Waals surface area contributed by atoms with Crippen molar-refractivity contribution >= 4 is 12.4 Å². The molecule has 0 fully saturated rings. The first kappa shape index (κ1) is 3.63. The molecule has 1 unspecified atom stereocenters. The highest BCUT2D eigenvalue weighted by atomic mass is 14.6. The predicted octanol–water partition coefficient (Wildman–Crippen LogP) is 0.235. The van der Waals surface area contributed by atoms with Crippen LogP contribution in [0.5, 0.6) is 0 Å². The van der Waals surface area contributed by atoms with E-state index in [9.17, 15) is 0 Å². The van der Waals surface area contributed by atoms with E-state index >= 15 is 0 Å². The van der Waals surface area contributed by atoms with Crippen molar-refractivity contribution in [3.05, 3.63) is 0 Å². The van der Waals surface area contributed by atoms with Gasteiger partial charge in [-0.1, -0.05) is 6.92 Å². The van der Waals surface area contributed by atoms with E-state index in [-0.39, 0.29) is 0 Å². The maximum absolute atomic E-state index is 3.91. The summed E-state index contributed by atoms with van der Waals surface area (Å²) < 4.78 is 3.91. The average Bonchev–Trinajstić information content (AvgIpc) is 1.86. The molecule has 0 aromatic carbocycles. The van der Waals surface area contributed by atoms with Crippen molar-refractivity contribution in [2.45, 2.75) is 13.3 Å². The Hall–Kier alpha value is -0.550. The van der Waals surface area contributed by atoms with Crippen LogP contribution < -0.4 is 4.67 Å². The molecule has 0 saturated heterocycles. The van der Waals surface area contributed by atoms with Crippen LogP contribution in [0.25, 0.3) is 0 Å². The molecule has 1 atom stereocenters. The Balaban J connectivity index is 2.55. The van der Waals surface area contributed by atoms with Gasteiger partial charge in [-0.3, -0.25) is 0 Å². The van der Waals surface area contributed by atoms with E-state index in [4.69, 9.17) is 0 Å². The summed E-state index contributed by atoms with van der Waals surface area (Å²) in [4.78, 5) is 0. The Bertz CT molecular complexity index is 98.5. The second-order valence-electron chi connectivity index (χ2n) is 1.69. The number of rotatable bonds is 0. The number of nitrogens with zero attached hydrogens (tertiary/aromatic N) is 1. The van der Waals surface area contributed by atoms with Crippen LogP contribution in [0, 0.1) is 5.92 Å². The molecule has 6 heavy (non-hydrogen) atoms. The lowest BCUT2D eigenvalue weighted by Gasteiger charge is -1.77. The molecular weight excluding hydrogens is 74.1 g/mol. The summed E-state index contributed by atoms with van der Waals surface area (Å²) in [5.74, 6) is 0.699. The van der Waals surface area contributed by atoms with Crippen LogP contribution in [-0.4, -0.2) is 12.4 Å². The Kier molecular flexibility index (Phi) is 0.771.